The molecular weight excluding hydrogens is 250 g/mol. The predicted molar refractivity (Wildman–Crippen MR) is 70.8 cm³/mol. The van der Waals surface area contributed by atoms with Crippen LogP contribution >= 0.6 is 0 Å². The predicted octanol–water partition coefficient (Wildman–Crippen LogP) is 2.01. The van der Waals surface area contributed by atoms with Crippen molar-refractivity contribution in [3.63, 3.8) is 0 Å². The lowest BCUT2D eigenvalue weighted by atomic mass is 10.1. The summed E-state index contributed by atoms with van der Waals surface area (Å²) in [6.07, 6.45) is 0.927. The number of halogens is 2. The zero-order valence-corrected chi connectivity index (χ0v) is 11.3. The van der Waals surface area contributed by atoms with Gasteiger partial charge in [-0.1, -0.05) is 0 Å². The minimum atomic E-state index is -0.564. The average Bonchev–Trinajstić information content (AvgIpc) is 2.26. The molecule has 0 heterocycles. The highest BCUT2D eigenvalue weighted by atomic mass is 19.1. The molecule has 0 spiro atoms. The SMILES string of the molecule is CC(C)NC(=O)CCNCCc1cc(F)cc(F)c1. The van der Waals surface area contributed by atoms with Crippen molar-refractivity contribution in [3.8, 4) is 0 Å². The molecular formula is C14H20F2N2O. The molecule has 0 aliphatic carbocycles. The molecule has 0 atom stereocenters. The monoisotopic (exact) mass is 270 g/mol. The molecule has 19 heavy (non-hydrogen) atoms. The Bertz CT molecular complexity index is 402. The molecule has 0 saturated carbocycles. The highest BCUT2D eigenvalue weighted by Gasteiger charge is 2.03. The van der Waals surface area contributed by atoms with E-state index < -0.39 is 11.6 Å². The minimum Gasteiger partial charge on any atom is -0.354 e. The summed E-state index contributed by atoms with van der Waals surface area (Å²) in [7, 11) is 0. The van der Waals surface area contributed by atoms with E-state index in [9.17, 15) is 13.6 Å². The number of carbonyl (C=O) groups is 1. The first-order valence-electron chi connectivity index (χ1n) is 6.42. The van der Waals surface area contributed by atoms with Crippen LogP contribution in [0, 0.1) is 11.6 Å². The Balaban J connectivity index is 2.19. The van der Waals surface area contributed by atoms with Gasteiger partial charge in [-0.3, -0.25) is 4.79 Å². The molecule has 0 saturated heterocycles. The van der Waals surface area contributed by atoms with Crippen molar-refractivity contribution in [1.82, 2.24) is 10.6 Å². The molecule has 1 amide bonds. The lowest BCUT2D eigenvalue weighted by Crippen LogP contribution is -2.32. The van der Waals surface area contributed by atoms with E-state index in [2.05, 4.69) is 10.6 Å². The smallest absolute Gasteiger partial charge is 0.221 e. The van der Waals surface area contributed by atoms with E-state index >= 15 is 0 Å². The summed E-state index contributed by atoms with van der Waals surface area (Å²) >= 11 is 0. The third-order valence-corrected chi connectivity index (χ3v) is 2.49. The molecule has 0 bridgehead atoms. The second-order valence-electron chi connectivity index (χ2n) is 4.75. The van der Waals surface area contributed by atoms with Crippen molar-refractivity contribution < 1.29 is 13.6 Å². The van der Waals surface area contributed by atoms with Crippen molar-refractivity contribution in [2.24, 2.45) is 0 Å². The Morgan fingerprint density at radius 1 is 1.16 bits per heavy atom. The van der Waals surface area contributed by atoms with Gasteiger partial charge in [0.1, 0.15) is 11.6 Å². The summed E-state index contributed by atoms with van der Waals surface area (Å²) in [4.78, 5) is 11.3. The summed E-state index contributed by atoms with van der Waals surface area (Å²) in [5.41, 5.74) is 0.608. The Morgan fingerprint density at radius 2 is 1.79 bits per heavy atom. The highest BCUT2D eigenvalue weighted by Crippen LogP contribution is 2.07. The summed E-state index contributed by atoms with van der Waals surface area (Å²) in [6, 6.07) is 3.63. The van der Waals surface area contributed by atoms with E-state index in [4.69, 9.17) is 0 Å². The molecule has 1 rings (SSSR count). The average molecular weight is 270 g/mol. The number of amides is 1. The van der Waals surface area contributed by atoms with Crippen molar-refractivity contribution >= 4 is 5.91 Å². The second kappa shape index (κ2) is 7.84. The van der Waals surface area contributed by atoms with E-state index in [0.29, 0.717) is 31.5 Å². The Labute approximate surface area is 112 Å². The molecule has 0 unspecified atom stereocenters. The van der Waals surface area contributed by atoms with Gasteiger partial charge >= 0.3 is 0 Å². The van der Waals surface area contributed by atoms with Gasteiger partial charge in [-0.2, -0.15) is 0 Å². The number of carbonyl (C=O) groups excluding carboxylic acids is 1. The molecule has 0 fully saturated rings. The van der Waals surface area contributed by atoms with E-state index in [-0.39, 0.29) is 11.9 Å². The fraction of sp³-hybridized carbons (Fsp3) is 0.500. The summed E-state index contributed by atoms with van der Waals surface area (Å²) < 4.78 is 25.8. The highest BCUT2D eigenvalue weighted by molar-refractivity contribution is 5.76. The van der Waals surface area contributed by atoms with Gasteiger partial charge in [0.2, 0.25) is 5.91 Å². The lowest BCUT2D eigenvalue weighted by Gasteiger charge is -2.09. The zero-order chi connectivity index (χ0) is 14.3. The largest absolute Gasteiger partial charge is 0.354 e. The van der Waals surface area contributed by atoms with Crippen LogP contribution < -0.4 is 10.6 Å². The van der Waals surface area contributed by atoms with E-state index in [0.717, 1.165) is 6.07 Å². The Morgan fingerprint density at radius 3 is 2.37 bits per heavy atom. The van der Waals surface area contributed by atoms with Crippen LogP contribution in [-0.2, 0) is 11.2 Å². The number of benzene rings is 1. The van der Waals surface area contributed by atoms with Crippen LogP contribution in [0.4, 0.5) is 8.78 Å². The quantitative estimate of drug-likeness (QED) is 0.744. The molecule has 0 aliphatic heterocycles. The fourth-order valence-corrected chi connectivity index (χ4v) is 1.71. The van der Waals surface area contributed by atoms with Gasteiger partial charge in [0.05, 0.1) is 0 Å². The number of hydrogen-bond donors (Lipinski definition) is 2. The van der Waals surface area contributed by atoms with Gasteiger partial charge in [0, 0.05) is 25.1 Å². The van der Waals surface area contributed by atoms with Crippen molar-refractivity contribution in [2.75, 3.05) is 13.1 Å². The van der Waals surface area contributed by atoms with Gasteiger partial charge in [-0.25, -0.2) is 8.78 Å². The van der Waals surface area contributed by atoms with E-state index in [1.165, 1.54) is 12.1 Å². The Hall–Kier alpha value is -1.49. The first-order chi connectivity index (χ1) is 8.97. The maximum atomic E-state index is 12.9. The van der Waals surface area contributed by atoms with Crippen LogP contribution in [0.1, 0.15) is 25.8 Å². The molecule has 0 radical (unpaired) electrons. The maximum Gasteiger partial charge on any atom is 0.221 e. The van der Waals surface area contributed by atoms with Gasteiger partial charge in [0.15, 0.2) is 0 Å². The molecule has 0 aliphatic rings. The van der Waals surface area contributed by atoms with Gasteiger partial charge in [-0.15, -0.1) is 0 Å². The van der Waals surface area contributed by atoms with E-state index in [1.807, 2.05) is 13.8 Å². The lowest BCUT2D eigenvalue weighted by molar-refractivity contribution is -0.121. The first kappa shape index (κ1) is 15.6. The number of nitrogens with one attached hydrogen (secondary N) is 2. The van der Waals surface area contributed by atoms with Crippen LogP contribution in [0.25, 0.3) is 0 Å². The summed E-state index contributed by atoms with van der Waals surface area (Å²) in [5, 5.41) is 5.86. The van der Waals surface area contributed by atoms with Crippen molar-refractivity contribution in [2.45, 2.75) is 32.7 Å². The van der Waals surface area contributed by atoms with Gasteiger partial charge in [0.25, 0.3) is 0 Å². The van der Waals surface area contributed by atoms with Crippen LogP contribution in [0.3, 0.4) is 0 Å². The normalized spacial score (nSPS) is 10.8. The van der Waals surface area contributed by atoms with Crippen LogP contribution in [-0.4, -0.2) is 25.0 Å². The minimum absolute atomic E-state index is 0.000648. The number of rotatable bonds is 7. The summed E-state index contributed by atoms with van der Waals surface area (Å²) in [6.45, 7) is 4.95. The van der Waals surface area contributed by atoms with Gasteiger partial charge < -0.3 is 10.6 Å². The van der Waals surface area contributed by atoms with E-state index in [1.54, 1.807) is 0 Å². The van der Waals surface area contributed by atoms with Crippen molar-refractivity contribution in [1.29, 1.82) is 0 Å². The Kier molecular flexibility index (Phi) is 6.42. The topological polar surface area (TPSA) is 41.1 Å². The van der Waals surface area contributed by atoms with Crippen molar-refractivity contribution in [3.05, 3.63) is 35.4 Å². The molecule has 2 N–H and O–H groups in total. The molecule has 0 aromatic heterocycles. The standard InChI is InChI=1S/C14H20F2N2O/c1-10(2)18-14(19)4-6-17-5-3-11-7-12(15)9-13(16)8-11/h7-10,17H,3-6H2,1-2H3,(H,18,19). The second-order valence-corrected chi connectivity index (χ2v) is 4.75. The third kappa shape index (κ3) is 6.86. The molecule has 106 valence electrons. The summed E-state index contributed by atoms with van der Waals surface area (Å²) in [5.74, 6) is -1.13. The molecule has 1 aromatic carbocycles. The molecule has 1 aromatic rings. The molecule has 3 nitrogen and oxygen atoms in total. The fourth-order valence-electron chi connectivity index (χ4n) is 1.71. The van der Waals surface area contributed by atoms with Crippen LogP contribution in [0.5, 0.6) is 0 Å². The third-order valence-electron chi connectivity index (χ3n) is 2.49. The van der Waals surface area contributed by atoms with Gasteiger partial charge in [-0.05, 0) is 44.5 Å². The number of hydrogen-bond acceptors (Lipinski definition) is 2. The zero-order valence-electron chi connectivity index (χ0n) is 11.3. The van der Waals surface area contributed by atoms with Crippen LogP contribution in [0.15, 0.2) is 18.2 Å². The first-order valence-corrected chi connectivity index (χ1v) is 6.42. The molecule has 5 heteroatoms. The van der Waals surface area contributed by atoms with Crippen LogP contribution in [0.2, 0.25) is 0 Å². The maximum absolute atomic E-state index is 12.9.